The van der Waals surface area contributed by atoms with Crippen LogP contribution in [0.3, 0.4) is 0 Å². The van der Waals surface area contributed by atoms with Gasteiger partial charge in [0.2, 0.25) is 0 Å². The molecule has 1 amide bonds. The van der Waals surface area contributed by atoms with E-state index in [-0.39, 0.29) is 34.9 Å². The van der Waals surface area contributed by atoms with Gasteiger partial charge >= 0.3 is 5.91 Å². The Bertz CT molecular complexity index is 718. The summed E-state index contributed by atoms with van der Waals surface area (Å²) in [4.78, 5) is 23.0. The third-order valence-corrected chi connectivity index (χ3v) is 2.88. The molecule has 0 aliphatic rings. The molecule has 0 radical (unpaired) electrons. The second kappa shape index (κ2) is 8.16. The largest absolute Gasteiger partial charge is 0.382 e. The van der Waals surface area contributed by atoms with Crippen molar-refractivity contribution in [2.24, 2.45) is 16.5 Å². The Morgan fingerprint density at radius 2 is 1.87 bits per heavy atom. The first kappa shape index (κ1) is 18.5. The van der Waals surface area contributed by atoms with Crippen molar-refractivity contribution in [3.63, 3.8) is 0 Å². The topological polar surface area (TPSA) is 145 Å². The second-order valence-electron chi connectivity index (χ2n) is 4.28. The molecule has 0 saturated heterocycles. The number of rotatable bonds is 4. The molecule has 1 aromatic heterocycles. The Balaban J connectivity index is 0.00000264. The predicted octanol–water partition coefficient (Wildman–Crippen LogP) is 1.16. The number of hydrogen-bond acceptors (Lipinski definition) is 5. The zero-order valence-corrected chi connectivity index (χ0v) is 13.4. The lowest BCUT2D eigenvalue weighted by molar-refractivity contribution is 0.0998. The molecule has 23 heavy (non-hydrogen) atoms. The molecule has 0 unspecified atom stereocenters. The second-order valence-corrected chi connectivity index (χ2v) is 4.64. The lowest BCUT2D eigenvalue weighted by Crippen LogP contribution is -2.24. The molecule has 0 fully saturated rings. The molecule has 1 heterocycles. The number of nitrogens with one attached hydrogen (secondary N) is 1. The van der Waals surface area contributed by atoms with Gasteiger partial charge in [-0.25, -0.2) is 9.97 Å². The van der Waals surface area contributed by atoms with E-state index in [4.69, 9.17) is 28.8 Å². The Labute approximate surface area is 143 Å². The summed E-state index contributed by atoms with van der Waals surface area (Å²) < 4.78 is 0. The Kier molecular flexibility index (Phi) is 6.55. The van der Waals surface area contributed by atoms with Gasteiger partial charge in [0, 0.05) is 6.54 Å². The first-order valence-corrected chi connectivity index (χ1v) is 6.60. The third-order valence-electron chi connectivity index (χ3n) is 2.62. The van der Waals surface area contributed by atoms with Crippen LogP contribution in [0.2, 0.25) is 5.15 Å². The number of guanidine groups is 1. The number of halogens is 2. The highest BCUT2D eigenvalue weighted by atomic mass is 35.5. The summed E-state index contributed by atoms with van der Waals surface area (Å²) in [5.74, 6) is -1.05. The van der Waals surface area contributed by atoms with Crippen LogP contribution in [0, 0.1) is 0 Å². The summed E-state index contributed by atoms with van der Waals surface area (Å²) in [7, 11) is 0. The van der Waals surface area contributed by atoms with Gasteiger partial charge in [0.15, 0.2) is 28.4 Å². The number of nitrogen functional groups attached to an aromatic ring is 1. The standard InChI is InChI=1S/C13H14ClN7O.ClH/c14-9-11(18-6-7-4-2-1-3-5-7)20-10(15)8(19-9)12(22)21-13(16)17;/h1-5H,6H2,(H3,15,18,20)(H4,16,17,21,22);1H. The van der Waals surface area contributed by atoms with Gasteiger partial charge in [-0.2, -0.15) is 4.99 Å². The molecule has 10 heteroatoms. The normalized spacial score (nSPS) is 9.61. The summed E-state index contributed by atoms with van der Waals surface area (Å²) in [6.07, 6.45) is 0. The minimum Gasteiger partial charge on any atom is -0.382 e. The first-order valence-electron chi connectivity index (χ1n) is 6.22. The van der Waals surface area contributed by atoms with E-state index in [1.807, 2.05) is 30.3 Å². The van der Waals surface area contributed by atoms with E-state index in [0.717, 1.165) is 5.56 Å². The highest BCUT2D eigenvalue weighted by Gasteiger charge is 2.16. The van der Waals surface area contributed by atoms with Crippen molar-refractivity contribution >= 4 is 47.5 Å². The number of aliphatic imine (C=N–C) groups is 1. The van der Waals surface area contributed by atoms with Gasteiger partial charge in [-0.05, 0) is 5.56 Å². The quantitative estimate of drug-likeness (QED) is 0.475. The molecule has 0 saturated carbocycles. The van der Waals surface area contributed by atoms with Crippen LogP contribution >= 0.6 is 24.0 Å². The van der Waals surface area contributed by atoms with Gasteiger partial charge in [0.1, 0.15) is 0 Å². The number of anilines is 2. The monoisotopic (exact) mass is 355 g/mol. The summed E-state index contributed by atoms with van der Waals surface area (Å²) >= 11 is 5.99. The fraction of sp³-hybridized carbons (Fsp3) is 0.0769. The van der Waals surface area contributed by atoms with Gasteiger partial charge in [0.25, 0.3) is 0 Å². The number of nitrogens with zero attached hydrogens (tertiary/aromatic N) is 3. The van der Waals surface area contributed by atoms with Gasteiger partial charge in [-0.3, -0.25) is 4.79 Å². The number of carbonyl (C=O) groups is 1. The van der Waals surface area contributed by atoms with Crippen LogP contribution in [0.1, 0.15) is 16.1 Å². The molecule has 1 aromatic carbocycles. The maximum Gasteiger partial charge on any atom is 0.302 e. The summed E-state index contributed by atoms with van der Waals surface area (Å²) in [6.45, 7) is 0.482. The Hall–Kier alpha value is -2.58. The predicted molar refractivity (Wildman–Crippen MR) is 92.6 cm³/mol. The van der Waals surface area contributed by atoms with Gasteiger partial charge in [-0.15, -0.1) is 12.4 Å². The summed E-state index contributed by atoms with van der Waals surface area (Å²) in [5, 5.41) is 2.99. The smallest absolute Gasteiger partial charge is 0.302 e. The average molecular weight is 356 g/mol. The van der Waals surface area contributed by atoms with Crippen LogP contribution < -0.4 is 22.5 Å². The van der Waals surface area contributed by atoms with Crippen LogP contribution in [0.4, 0.5) is 11.6 Å². The Morgan fingerprint density at radius 3 is 2.48 bits per heavy atom. The molecule has 0 spiro atoms. The fourth-order valence-corrected chi connectivity index (χ4v) is 1.84. The third kappa shape index (κ3) is 4.97. The zero-order chi connectivity index (χ0) is 16.1. The van der Waals surface area contributed by atoms with E-state index < -0.39 is 11.9 Å². The van der Waals surface area contributed by atoms with Gasteiger partial charge < -0.3 is 22.5 Å². The maximum absolute atomic E-state index is 11.7. The van der Waals surface area contributed by atoms with Crippen LogP contribution in [-0.4, -0.2) is 21.8 Å². The lowest BCUT2D eigenvalue weighted by Gasteiger charge is -2.09. The van der Waals surface area contributed by atoms with E-state index in [9.17, 15) is 4.79 Å². The van der Waals surface area contributed by atoms with Crippen molar-refractivity contribution in [3.05, 3.63) is 46.7 Å². The summed E-state index contributed by atoms with van der Waals surface area (Å²) in [5.41, 5.74) is 16.8. The number of hydrogen-bond donors (Lipinski definition) is 4. The Morgan fingerprint density at radius 1 is 1.22 bits per heavy atom. The van der Waals surface area contributed by atoms with Crippen molar-refractivity contribution in [2.75, 3.05) is 11.1 Å². The minimum atomic E-state index is -0.804. The molecule has 8 nitrogen and oxygen atoms in total. The summed E-state index contributed by atoms with van der Waals surface area (Å²) in [6, 6.07) is 9.62. The first-order chi connectivity index (χ1) is 10.5. The molecule has 2 rings (SSSR count). The van der Waals surface area contributed by atoms with E-state index in [2.05, 4.69) is 20.3 Å². The highest BCUT2D eigenvalue weighted by Crippen LogP contribution is 2.21. The molecule has 2 aromatic rings. The van der Waals surface area contributed by atoms with E-state index in [1.54, 1.807) is 0 Å². The van der Waals surface area contributed by atoms with Crippen LogP contribution in [0.5, 0.6) is 0 Å². The SMILES string of the molecule is Cl.NC(N)=NC(=O)c1nc(Cl)c(NCc2ccccc2)nc1N. The highest BCUT2D eigenvalue weighted by molar-refractivity contribution is 6.32. The molecular formula is C13H15Cl2N7O. The van der Waals surface area contributed by atoms with Crippen molar-refractivity contribution in [2.45, 2.75) is 6.54 Å². The van der Waals surface area contributed by atoms with Gasteiger partial charge in [-0.1, -0.05) is 41.9 Å². The van der Waals surface area contributed by atoms with Crippen LogP contribution in [-0.2, 0) is 6.54 Å². The van der Waals surface area contributed by atoms with Crippen molar-refractivity contribution in [3.8, 4) is 0 Å². The number of carbonyl (C=O) groups excluding carboxylic acids is 1. The van der Waals surface area contributed by atoms with Crippen LogP contribution in [0.15, 0.2) is 35.3 Å². The number of nitrogens with two attached hydrogens (primary N) is 3. The molecule has 0 bridgehead atoms. The van der Waals surface area contributed by atoms with E-state index >= 15 is 0 Å². The van der Waals surface area contributed by atoms with Crippen molar-refractivity contribution in [1.82, 2.24) is 9.97 Å². The average Bonchev–Trinajstić information content (AvgIpc) is 2.48. The molecular weight excluding hydrogens is 341 g/mol. The minimum absolute atomic E-state index is 0. The van der Waals surface area contributed by atoms with E-state index in [0.29, 0.717) is 6.54 Å². The van der Waals surface area contributed by atoms with Crippen molar-refractivity contribution in [1.29, 1.82) is 0 Å². The lowest BCUT2D eigenvalue weighted by atomic mass is 10.2. The number of benzene rings is 1. The fourth-order valence-electron chi connectivity index (χ4n) is 1.65. The maximum atomic E-state index is 11.7. The zero-order valence-electron chi connectivity index (χ0n) is 11.9. The van der Waals surface area contributed by atoms with E-state index in [1.165, 1.54) is 0 Å². The molecule has 0 aliphatic heterocycles. The van der Waals surface area contributed by atoms with Crippen LogP contribution in [0.25, 0.3) is 0 Å². The van der Waals surface area contributed by atoms with Gasteiger partial charge in [0.05, 0.1) is 0 Å². The van der Waals surface area contributed by atoms with Crippen molar-refractivity contribution < 1.29 is 4.79 Å². The molecule has 0 aliphatic carbocycles. The molecule has 122 valence electrons. The number of aromatic nitrogens is 2. The molecule has 0 atom stereocenters. The molecule has 7 N–H and O–H groups in total. The number of amides is 1.